The van der Waals surface area contributed by atoms with Crippen molar-refractivity contribution in [3.05, 3.63) is 0 Å². The molecule has 5 rings (SSSR count). The van der Waals surface area contributed by atoms with Gasteiger partial charge in [0.15, 0.2) is 13.1 Å². The van der Waals surface area contributed by atoms with Crippen molar-refractivity contribution >= 4 is 11.8 Å². The molecule has 0 unspecified atom stereocenters. The van der Waals surface area contributed by atoms with Crippen LogP contribution in [0.4, 0.5) is 0 Å². The summed E-state index contributed by atoms with van der Waals surface area (Å²) in [6.07, 6.45) is 2.89. The second kappa shape index (κ2) is 9.66. The summed E-state index contributed by atoms with van der Waals surface area (Å²) in [5, 5.41) is 30.6. The number of hydrogen-bond acceptors (Lipinski definition) is 6. The Kier molecular flexibility index (Phi) is 7.55. The van der Waals surface area contributed by atoms with Gasteiger partial charge < -0.3 is 30.0 Å². The first-order chi connectivity index (χ1) is 17.3. The van der Waals surface area contributed by atoms with Crippen LogP contribution in [0.1, 0.15) is 81.1 Å². The Morgan fingerprint density at radius 1 is 0.605 bits per heavy atom. The van der Waals surface area contributed by atoms with E-state index >= 15 is 0 Å². The summed E-state index contributed by atoms with van der Waals surface area (Å²) in [5.41, 5.74) is -1.55. The second-order valence-electron chi connectivity index (χ2n) is 15.6. The lowest BCUT2D eigenvalue weighted by molar-refractivity contribution is -1.07. The lowest BCUT2D eigenvalue weighted by Gasteiger charge is -2.55. The first-order valence-electron chi connectivity index (χ1n) is 14.6. The summed E-state index contributed by atoms with van der Waals surface area (Å²) >= 11 is 0. The van der Waals surface area contributed by atoms with E-state index in [-0.39, 0.29) is 46.1 Å². The summed E-state index contributed by atoms with van der Waals surface area (Å²) in [5.74, 6) is 0.209. The molecule has 5 heterocycles. The zero-order chi connectivity index (χ0) is 28.4. The maximum absolute atomic E-state index is 13.2. The summed E-state index contributed by atoms with van der Waals surface area (Å²) in [7, 11) is 0. The molecular formula is C28H54N6O4+2. The fourth-order valence-corrected chi connectivity index (χ4v) is 8.32. The minimum absolute atomic E-state index is 0.0508. The zero-order valence-corrected chi connectivity index (χ0v) is 25.1. The van der Waals surface area contributed by atoms with Gasteiger partial charge in [0.2, 0.25) is 0 Å². The molecule has 0 spiro atoms. The van der Waals surface area contributed by atoms with Crippen molar-refractivity contribution in [2.24, 2.45) is 0 Å². The molecule has 0 aromatic rings. The highest BCUT2D eigenvalue weighted by Gasteiger charge is 2.52. The number of piperidine rings is 2. The molecule has 0 radical (unpaired) electrons. The van der Waals surface area contributed by atoms with Gasteiger partial charge in [0.05, 0.1) is 0 Å². The Labute approximate surface area is 229 Å². The van der Waals surface area contributed by atoms with Crippen molar-refractivity contribution in [2.75, 3.05) is 52.4 Å². The molecule has 0 atom stereocenters. The maximum Gasteiger partial charge on any atom is 0.275 e. The minimum atomic E-state index is -0.388. The summed E-state index contributed by atoms with van der Waals surface area (Å²) in [4.78, 5) is 26.4. The molecule has 10 nitrogen and oxygen atoms in total. The third kappa shape index (κ3) is 5.90. The zero-order valence-electron chi connectivity index (χ0n) is 25.1. The van der Waals surface area contributed by atoms with Gasteiger partial charge in [0.25, 0.3) is 11.8 Å². The van der Waals surface area contributed by atoms with Gasteiger partial charge in [-0.05, 0) is 81.1 Å². The van der Waals surface area contributed by atoms with Gasteiger partial charge >= 0.3 is 0 Å². The van der Waals surface area contributed by atoms with Crippen LogP contribution in [0.15, 0.2) is 0 Å². The van der Waals surface area contributed by atoms with Crippen molar-refractivity contribution in [1.82, 2.24) is 20.8 Å². The van der Waals surface area contributed by atoms with Crippen LogP contribution in [0.3, 0.4) is 0 Å². The quantitative estimate of drug-likeness (QED) is 0.384. The smallest absolute Gasteiger partial charge is 0.275 e. The monoisotopic (exact) mass is 538 g/mol. The van der Waals surface area contributed by atoms with E-state index < -0.39 is 0 Å². The van der Waals surface area contributed by atoms with Gasteiger partial charge in [0.1, 0.15) is 39.3 Å². The molecule has 5 saturated heterocycles. The van der Waals surface area contributed by atoms with E-state index in [2.05, 4.69) is 10.6 Å². The highest BCUT2D eigenvalue weighted by molar-refractivity contribution is 5.78. The fourth-order valence-electron chi connectivity index (χ4n) is 8.32. The average molecular weight is 539 g/mol. The third-order valence-corrected chi connectivity index (χ3v) is 10.1. The van der Waals surface area contributed by atoms with Crippen LogP contribution in [0, 0.1) is 0 Å². The SMILES string of the molecule is CC1(C)CC(NC(=O)C[N+]23CC[N+](CC(=O)NC4CC(C)(C)N(O)C(C)(C)C4)(CC2)CC3)CC(C)(C)N1O. The topological polar surface area (TPSA) is 105 Å². The highest BCUT2D eigenvalue weighted by Crippen LogP contribution is 2.38. The number of amides is 2. The van der Waals surface area contributed by atoms with Crippen molar-refractivity contribution in [3.8, 4) is 0 Å². The number of carbonyl (C=O) groups excluding carboxylic acids is 2. The standard InChI is InChI=1S/C28H52N6O4/c1-25(2)15-21(16-26(3,4)31(25)37)29-23(35)19-33-9-12-34(13-10-33,14-11-33)20-24(36)30-22-17-27(5,6)32(38)28(7,8)18-22/h21-22,37-38H,9-20H2,1-8H3/p+2. The number of quaternary nitrogens is 2. The van der Waals surface area contributed by atoms with Crippen LogP contribution in [-0.2, 0) is 9.59 Å². The summed E-state index contributed by atoms with van der Waals surface area (Å²) in [6, 6.07) is 0.102. The van der Waals surface area contributed by atoms with E-state index in [0.29, 0.717) is 13.1 Å². The molecule has 0 saturated carbocycles. The fraction of sp³-hybridized carbons (Fsp3) is 0.929. The van der Waals surface area contributed by atoms with E-state index in [9.17, 15) is 20.0 Å². The number of nitrogens with one attached hydrogen (secondary N) is 2. The predicted octanol–water partition coefficient (Wildman–Crippen LogP) is 1.70. The van der Waals surface area contributed by atoms with E-state index in [1.165, 1.54) is 10.1 Å². The molecule has 0 aliphatic carbocycles. The molecule has 10 heteroatoms. The molecule has 218 valence electrons. The first kappa shape index (κ1) is 29.7. The Morgan fingerprint density at radius 2 is 0.842 bits per heavy atom. The average Bonchev–Trinajstić information content (AvgIpc) is 2.76. The van der Waals surface area contributed by atoms with Crippen molar-refractivity contribution < 1.29 is 29.0 Å². The molecule has 5 aliphatic rings. The molecule has 2 bridgehead atoms. The van der Waals surface area contributed by atoms with Gasteiger partial charge in [-0.3, -0.25) is 9.59 Å². The number of piperazine rings is 3. The van der Waals surface area contributed by atoms with Gasteiger partial charge in [-0.15, -0.1) is 0 Å². The molecule has 38 heavy (non-hydrogen) atoms. The molecule has 2 amide bonds. The lowest BCUT2D eigenvalue weighted by Crippen LogP contribution is -2.77. The molecule has 4 N–H and O–H groups in total. The molecule has 5 fully saturated rings. The molecular weight excluding hydrogens is 484 g/mol. The van der Waals surface area contributed by atoms with Crippen LogP contribution >= 0.6 is 0 Å². The maximum atomic E-state index is 13.2. The largest absolute Gasteiger partial charge is 0.348 e. The van der Waals surface area contributed by atoms with Crippen LogP contribution in [0.25, 0.3) is 0 Å². The highest BCUT2D eigenvalue weighted by atomic mass is 16.5. The number of fused-ring (bicyclic) bond motifs is 3. The number of carbonyl (C=O) groups is 2. The van der Waals surface area contributed by atoms with E-state index in [1.807, 2.05) is 55.4 Å². The van der Waals surface area contributed by atoms with Crippen molar-refractivity contribution in [3.63, 3.8) is 0 Å². The molecule has 0 aromatic carbocycles. The van der Waals surface area contributed by atoms with E-state index in [0.717, 1.165) is 73.9 Å². The van der Waals surface area contributed by atoms with E-state index in [4.69, 9.17) is 0 Å². The second-order valence-corrected chi connectivity index (χ2v) is 15.6. The van der Waals surface area contributed by atoms with Gasteiger partial charge in [-0.2, -0.15) is 10.1 Å². The number of hydrogen-bond donors (Lipinski definition) is 4. The predicted molar refractivity (Wildman–Crippen MR) is 145 cm³/mol. The lowest BCUT2D eigenvalue weighted by atomic mass is 9.79. The normalized spacial score (nSPS) is 35.1. The number of hydroxylamine groups is 4. The van der Waals surface area contributed by atoms with E-state index in [1.54, 1.807) is 0 Å². The van der Waals surface area contributed by atoms with Crippen LogP contribution < -0.4 is 10.6 Å². The van der Waals surface area contributed by atoms with Crippen LogP contribution in [0.2, 0.25) is 0 Å². The number of rotatable bonds is 6. The Balaban J connectivity index is 1.28. The van der Waals surface area contributed by atoms with Crippen LogP contribution in [-0.4, -0.2) is 128 Å². The summed E-state index contributed by atoms with van der Waals surface area (Å²) < 4.78 is 1.63. The Bertz CT molecular complexity index is 798. The van der Waals surface area contributed by atoms with Crippen LogP contribution in [0.5, 0.6) is 0 Å². The van der Waals surface area contributed by atoms with Crippen molar-refractivity contribution in [1.29, 1.82) is 0 Å². The number of nitrogens with zero attached hydrogens (tertiary/aromatic N) is 4. The minimum Gasteiger partial charge on any atom is -0.348 e. The molecule has 0 aromatic heterocycles. The van der Waals surface area contributed by atoms with Gasteiger partial charge in [0, 0.05) is 34.2 Å². The van der Waals surface area contributed by atoms with Crippen molar-refractivity contribution in [2.45, 2.75) is 115 Å². The van der Waals surface area contributed by atoms with Gasteiger partial charge in [-0.25, -0.2) is 0 Å². The Morgan fingerprint density at radius 3 is 1.08 bits per heavy atom. The third-order valence-electron chi connectivity index (χ3n) is 10.1. The Hall–Kier alpha value is -1.30. The summed E-state index contributed by atoms with van der Waals surface area (Å²) in [6.45, 7) is 22.7. The first-order valence-corrected chi connectivity index (χ1v) is 14.6. The van der Waals surface area contributed by atoms with Gasteiger partial charge in [-0.1, -0.05) is 0 Å². The molecule has 5 aliphatic heterocycles.